The number of piperidine rings is 1. The van der Waals surface area contributed by atoms with E-state index in [1.54, 1.807) is 29.7 Å². The predicted molar refractivity (Wildman–Crippen MR) is 123 cm³/mol. The van der Waals surface area contributed by atoms with Crippen molar-refractivity contribution in [3.63, 3.8) is 0 Å². The summed E-state index contributed by atoms with van der Waals surface area (Å²) in [5.41, 5.74) is 1.33. The molecule has 1 unspecified atom stereocenters. The first-order valence-electron chi connectivity index (χ1n) is 10.3. The van der Waals surface area contributed by atoms with Crippen LogP contribution in [0.15, 0.2) is 65.7 Å². The third-order valence-electron chi connectivity index (χ3n) is 5.66. The van der Waals surface area contributed by atoms with Gasteiger partial charge in [-0.2, -0.15) is 0 Å². The fourth-order valence-electron chi connectivity index (χ4n) is 4.19. The number of aromatic nitrogens is 1. The van der Waals surface area contributed by atoms with Crippen LogP contribution in [0, 0.1) is 5.41 Å². The summed E-state index contributed by atoms with van der Waals surface area (Å²) in [6.07, 6.45) is 4.39. The molecule has 0 aliphatic carbocycles. The average molecular weight is 435 g/mol. The minimum absolute atomic E-state index is 0.0101. The molecule has 1 aliphatic heterocycles. The Hall–Kier alpha value is -2.96. The van der Waals surface area contributed by atoms with Gasteiger partial charge in [-0.3, -0.25) is 14.7 Å². The zero-order valence-corrected chi connectivity index (χ0v) is 18.5. The summed E-state index contributed by atoms with van der Waals surface area (Å²) in [6, 6.07) is 13.9. The van der Waals surface area contributed by atoms with Crippen LogP contribution in [0.2, 0.25) is 0 Å². The summed E-state index contributed by atoms with van der Waals surface area (Å²) in [5, 5.41) is 22.5. The van der Waals surface area contributed by atoms with Crippen LogP contribution in [0.25, 0.3) is 6.08 Å². The molecule has 0 amide bonds. The van der Waals surface area contributed by atoms with Gasteiger partial charge in [-0.15, -0.1) is 11.3 Å². The third kappa shape index (κ3) is 4.55. The van der Waals surface area contributed by atoms with Gasteiger partial charge < -0.3 is 10.2 Å². The van der Waals surface area contributed by atoms with Crippen LogP contribution in [-0.4, -0.2) is 39.0 Å². The van der Waals surface area contributed by atoms with Gasteiger partial charge in [0.1, 0.15) is 11.5 Å². The Bertz CT molecular complexity index is 1090. The lowest BCUT2D eigenvalue weighted by atomic mass is 9.74. The minimum Gasteiger partial charge on any atom is -0.508 e. The molecule has 1 saturated heterocycles. The molecule has 2 aromatic heterocycles. The highest BCUT2D eigenvalue weighted by molar-refractivity contribution is 7.09. The minimum atomic E-state index is -0.570. The van der Waals surface area contributed by atoms with Crippen molar-refractivity contribution in [1.29, 1.82) is 0 Å². The van der Waals surface area contributed by atoms with Gasteiger partial charge in [-0.05, 0) is 48.2 Å². The average Bonchev–Trinajstić information content (AvgIpc) is 3.25. The number of Topliss-reactive ketones (excluding diaryl/α,β-unsaturated/α-hetero) is 1. The number of hydrogen-bond acceptors (Lipinski definition) is 6. The van der Waals surface area contributed by atoms with Crippen LogP contribution >= 0.6 is 11.3 Å². The number of thiophene rings is 1. The van der Waals surface area contributed by atoms with E-state index in [0.717, 1.165) is 13.0 Å². The number of likely N-dealkylation sites (tertiary alicyclic amines) is 1. The molecule has 3 heterocycles. The van der Waals surface area contributed by atoms with Crippen LogP contribution in [0.5, 0.6) is 11.5 Å². The molecule has 1 aliphatic rings. The number of phenols is 2. The number of phenolic OH excluding ortho intramolecular Hbond substituents is 2. The lowest BCUT2D eigenvalue weighted by molar-refractivity contribution is -0.128. The summed E-state index contributed by atoms with van der Waals surface area (Å²) >= 11 is 1.72. The highest BCUT2D eigenvalue weighted by Gasteiger charge is 2.44. The number of ketones is 1. The molecular weight excluding hydrogens is 408 g/mol. The highest BCUT2D eigenvalue weighted by Crippen LogP contribution is 2.44. The Morgan fingerprint density at radius 1 is 1.19 bits per heavy atom. The second-order valence-corrected chi connectivity index (χ2v) is 9.55. The Labute approximate surface area is 186 Å². The highest BCUT2D eigenvalue weighted by atomic mass is 32.1. The summed E-state index contributed by atoms with van der Waals surface area (Å²) in [5.74, 6) is 0.0117. The summed E-state index contributed by atoms with van der Waals surface area (Å²) < 4.78 is 0. The first kappa shape index (κ1) is 21.3. The third-order valence-corrected chi connectivity index (χ3v) is 6.60. The van der Waals surface area contributed by atoms with Gasteiger partial charge >= 0.3 is 0 Å². The quantitative estimate of drug-likeness (QED) is 0.563. The molecule has 2 N–H and O–H groups in total. The molecule has 1 fully saturated rings. The molecule has 1 atom stereocenters. The van der Waals surface area contributed by atoms with Crippen molar-refractivity contribution in [1.82, 2.24) is 9.88 Å². The number of nitrogens with zero attached hydrogens (tertiary/aromatic N) is 2. The Morgan fingerprint density at radius 2 is 2.03 bits per heavy atom. The van der Waals surface area contributed by atoms with Crippen molar-refractivity contribution in [2.45, 2.75) is 26.3 Å². The predicted octanol–water partition coefficient (Wildman–Crippen LogP) is 4.83. The molecule has 3 aromatic rings. The molecule has 5 nitrogen and oxygen atoms in total. The number of carbonyl (C=O) groups excluding carboxylic acids is 1. The summed E-state index contributed by atoms with van der Waals surface area (Å²) in [7, 11) is 0. The molecule has 160 valence electrons. The molecule has 0 bridgehead atoms. The van der Waals surface area contributed by atoms with Crippen molar-refractivity contribution >= 4 is 23.2 Å². The van der Waals surface area contributed by atoms with Gasteiger partial charge in [0.25, 0.3) is 0 Å². The number of carbonyl (C=O) groups is 1. The molecule has 4 rings (SSSR count). The van der Waals surface area contributed by atoms with Crippen LogP contribution < -0.4 is 0 Å². The summed E-state index contributed by atoms with van der Waals surface area (Å²) in [4.78, 5) is 21.5. The number of aromatic hydroxyl groups is 2. The normalized spacial score (nSPS) is 20.3. The van der Waals surface area contributed by atoms with E-state index in [0.29, 0.717) is 23.4 Å². The monoisotopic (exact) mass is 434 g/mol. The van der Waals surface area contributed by atoms with E-state index in [4.69, 9.17) is 0 Å². The van der Waals surface area contributed by atoms with Gasteiger partial charge in [-0.25, -0.2) is 0 Å². The molecule has 0 radical (unpaired) electrons. The van der Waals surface area contributed by atoms with E-state index in [1.165, 1.54) is 10.9 Å². The van der Waals surface area contributed by atoms with Crippen LogP contribution in [-0.2, 0) is 11.2 Å². The number of hydrogen-bond donors (Lipinski definition) is 2. The van der Waals surface area contributed by atoms with E-state index >= 15 is 0 Å². The maximum atomic E-state index is 13.5. The van der Waals surface area contributed by atoms with Gasteiger partial charge in [0.2, 0.25) is 0 Å². The zero-order valence-electron chi connectivity index (χ0n) is 17.7. The van der Waals surface area contributed by atoms with Crippen molar-refractivity contribution in [2.24, 2.45) is 5.41 Å². The second kappa shape index (κ2) is 8.65. The van der Waals surface area contributed by atoms with Gasteiger partial charge in [0.05, 0.1) is 11.7 Å². The molecule has 1 aromatic carbocycles. The van der Waals surface area contributed by atoms with E-state index in [1.807, 2.05) is 44.2 Å². The smallest absolute Gasteiger partial charge is 0.167 e. The second-order valence-electron chi connectivity index (χ2n) is 8.51. The molecule has 0 spiro atoms. The first-order chi connectivity index (χ1) is 14.8. The standard InChI is InChI=1S/C25H26N2O3S/c1-25(2)16-27(12-10-19-7-5-13-31-19)23(20-9-8-18(28)15-22(20)29)21(24(25)30)14-17-6-3-4-11-26-17/h3-9,11,13-15,23,28-29H,10,12,16H2,1-2H3. The van der Waals surface area contributed by atoms with Gasteiger partial charge in [0, 0.05) is 46.8 Å². The lowest BCUT2D eigenvalue weighted by Crippen LogP contribution is -2.49. The van der Waals surface area contributed by atoms with Crippen molar-refractivity contribution < 1.29 is 15.0 Å². The van der Waals surface area contributed by atoms with Crippen molar-refractivity contribution in [3.05, 3.63) is 81.8 Å². The fourth-order valence-corrected chi connectivity index (χ4v) is 4.89. The topological polar surface area (TPSA) is 73.7 Å². The SMILES string of the molecule is CC1(C)CN(CCc2cccs2)C(c2ccc(O)cc2O)C(=Cc2ccccn2)C1=O. The molecule has 0 saturated carbocycles. The van der Waals surface area contributed by atoms with Crippen LogP contribution in [0.3, 0.4) is 0 Å². The fraction of sp³-hybridized carbons (Fsp3) is 0.280. The van der Waals surface area contributed by atoms with E-state index in [9.17, 15) is 15.0 Å². The van der Waals surface area contributed by atoms with Gasteiger partial charge in [0.15, 0.2) is 5.78 Å². The van der Waals surface area contributed by atoms with E-state index in [2.05, 4.69) is 21.3 Å². The van der Waals surface area contributed by atoms with Crippen LogP contribution in [0.4, 0.5) is 0 Å². The molecular formula is C25H26N2O3S. The maximum absolute atomic E-state index is 13.5. The van der Waals surface area contributed by atoms with Crippen molar-refractivity contribution in [3.8, 4) is 11.5 Å². The van der Waals surface area contributed by atoms with Crippen molar-refractivity contribution in [2.75, 3.05) is 13.1 Å². The largest absolute Gasteiger partial charge is 0.508 e. The molecule has 6 heteroatoms. The summed E-state index contributed by atoms with van der Waals surface area (Å²) in [6.45, 7) is 5.24. The van der Waals surface area contributed by atoms with E-state index < -0.39 is 11.5 Å². The Morgan fingerprint density at radius 3 is 2.71 bits per heavy atom. The number of benzene rings is 1. The maximum Gasteiger partial charge on any atom is 0.167 e. The van der Waals surface area contributed by atoms with Crippen LogP contribution in [0.1, 0.15) is 36.0 Å². The number of pyridine rings is 1. The van der Waals surface area contributed by atoms with Gasteiger partial charge in [-0.1, -0.05) is 26.0 Å². The number of rotatable bonds is 5. The lowest BCUT2D eigenvalue weighted by Gasteiger charge is -2.44. The first-order valence-corrected chi connectivity index (χ1v) is 11.2. The Kier molecular flexibility index (Phi) is 5.94. The zero-order chi connectivity index (χ0) is 22.0. The molecule has 31 heavy (non-hydrogen) atoms. The van der Waals surface area contributed by atoms with E-state index in [-0.39, 0.29) is 17.3 Å². The Balaban J connectivity index is 1.81.